The zero-order valence-corrected chi connectivity index (χ0v) is 14.2. The van der Waals surface area contributed by atoms with E-state index in [1.165, 1.54) is 29.5 Å². The predicted molar refractivity (Wildman–Crippen MR) is 96.5 cm³/mol. The highest BCUT2D eigenvalue weighted by Crippen LogP contribution is 2.34. The van der Waals surface area contributed by atoms with Crippen LogP contribution in [0.25, 0.3) is 21.8 Å². The highest BCUT2D eigenvalue weighted by molar-refractivity contribution is 7.13. The summed E-state index contributed by atoms with van der Waals surface area (Å²) in [6.45, 7) is 0. The summed E-state index contributed by atoms with van der Waals surface area (Å²) in [7, 11) is 0. The summed E-state index contributed by atoms with van der Waals surface area (Å²) in [5.41, 5.74) is 3.01. The van der Waals surface area contributed by atoms with Crippen molar-refractivity contribution in [2.75, 3.05) is 5.32 Å². The third-order valence-electron chi connectivity index (χ3n) is 4.19. The zero-order valence-electron chi connectivity index (χ0n) is 13.4. The van der Waals surface area contributed by atoms with E-state index in [2.05, 4.69) is 10.3 Å². The van der Waals surface area contributed by atoms with E-state index in [4.69, 9.17) is 0 Å². The van der Waals surface area contributed by atoms with Crippen LogP contribution in [-0.4, -0.2) is 15.8 Å². The Morgan fingerprint density at radius 1 is 1.19 bits per heavy atom. The van der Waals surface area contributed by atoms with Crippen LogP contribution < -0.4 is 5.32 Å². The number of halogens is 1. The van der Waals surface area contributed by atoms with E-state index in [-0.39, 0.29) is 11.6 Å². The molecule has 3 aromatic rings. The van der Waals surface area contributed by atoms with Crippen LogP contribution in [0.15, 0.2) is 41.8 Å². The van der Waals surface area contributed by atoms with Gasteiger partial charge in [-0.05, 0) is 36.2 Å². The van der Waals surface area contributed by atoms with Gasteiger partial charge in [-0.1, -0.05) is 0 Å². The van der Waals surface area contributed by atoms with Gasteiger partial charge in [0, 0.05) is 40.7 Å². The van der Waals surface area contributed by atoms with Crippen LogP contribution in [0, 0.1) is 15.9 Å². The number of aryl methyl sites for hydroxylation is 1. The molecule has 0 unspecified atom stereocenters. The van der Waals surface area contributed by atoms with Crippen LogP contribution in [0.1, 0.15) is 12.0 Å². The molecule has 6 nitrogen and oxygen atoms in total. The molecular weight excluding hydrogens is 357 g/mol. The number of rotatable bonds is 3. The summed E-state index contributed by atoms with van der Waals surface area (Å²) in [6.07, 6.45) is 0.941. The molecule has 0 aliphatic carbocycles. The minimum Gasteiger partial charge on any atom is -0.326 e. The molecule has 1 aliphatic heterocycles. The van der Waals surface area contributed by atoms with Crippen molar-refractivity contribution in [1.82, 2.24) is 4.98 Å². The summed E-state index contributed by atoms with van der Waals surface area (Å²) in [6, 6.07) is 9.13. The van der Waals surface area contributed by atoms with Gasteiger partial charge in [0.1, 0.15) is 10.8 Å². The van der Waals surface area contributed by atoms with Crippen LogP contribution in [0.5, 0.6) is 0 Å². The van der Waals surface area contributed by atoms with Gasteiger partial charge in [-0.2, -0.15) is 0 Å². The van der Waals surface area contributed by atoms with Crippen molar-refractivity contribution in [2.24, 2.45) is 0 Å². The van der Waals surface area contributed by atoms with Gasteiger partial charge in [-0.3, -0.25) is 14.9 Å². The molecule has 1 N–H and O–H groups in total. The molecule has 0 spiro atoms. The van der Waals surface area contributed by atoms with Gasteiger partial charge < -0.3 is 5.32 Å². The molecule has 1 aliphatic rings. The Kier molecular flexibility index (Phi) is 3.96. The number of fused-ring (bicyclic) bond motifs is 1. The first-order chi connectivity index (χ1) is 12.5. The van der Waals surface area contributed by atoms with Gasteiger partial charge in [-0.15, -0.1) is 11.3 Å². The lowest BCUT2D eigenvalue weighted by Crippen LogP contribution is -2.19. The van der Waals surface area contributed by atoms with Crippen molar-refractivity contribution < 1.29 is 14.1 Å². The van der Waals surface area contributed by atoms with E-state index in [1.54, 1.807) is 23.6 Å². The Balaban J connectivity index is 1.68. The Morgan fingerprint density at radius 3 is 2.69 bits per heavy atom. The second-order valence-corrected chi connectivity index (χ2v) is 6.74. The fourth-order valence-electron chi connectivity index (χ4n) is 2.85. The first-order valence-corrected chi connectivity index (χ1v) is 8.72. The van der Waals surface area contributed by atoms with E-state index in [0.717, 1.165) is 11.1 Å². The molecule has 0 radical (unpaired) electrons. The van der Waals surface area contributed by atoms with Crippen molar-refractivity contribution in [3.63, 3.8) is 0 Å². The van der Waals surface area contributed by atoms with Gasteiger partial charge in [-0.25, -0.2) is 9.37 Å². The maximum absolute atomic E-state index is 14.5. The molecule has 8 heteroatoms. The number of benzene rings is 2. The Bertz CT molecular complexity index is 1030. The first-order valence-electron chi connectivity index (χ1n) is 7.84. The number of amides is 1. The maximum atomic E-state index is 14.5. The second kappa shape index (κ2) is 6.30. The fourth-order valence-corrected chi connectivity index (χ4v) is 3.68. The Hall–Kier alpha value is -3.13. The number of hydrogen-bond donors (Lipinski definition) is 1. The molecule has 2 heterocycles. The first kappa shape index (κ1) is 16.3. The van der Waals surface area contributed by atoms with Crippen molar-refractivity contribution in [3.05, 3.63) is 63.3 Å². The van der Waals surface area contributed by atoms with E-state index in [1.807, 2.05) is 0 Å². The monoisotopic (exact) mass is 369 g/mol. The lowest BCUT2D eigenvalue weighted by atomic mass is 9.99. The number of nitrogens with one attached hydrogen (secondary N) is 1. The number of nitrogens with zero attached hydrogens (tertiary/aromatic N) is 2. The largest absolute Gasteiger partial charge is 0.326 e. The molecule has 2 aromatic carbocycles. The van der Waals surface area contributed by atoms with Gasteiger partial charge >= 0.3 is 0 Å². The molecule has 26 heavy (non-hydrogen) atoms. The fraction of sp³-hybridized carbons (Fsp3) is 0.111. The smallest absolute Gasteiger partial charge is 0.269 e. The topological polar surface area (TPSA) is 85.1 Å². The number of anilines is 1. The van der Waals surface area contributed by atoms with E-state index >= 15 is 0 Å². The number of hydrogen-bond acceptors (Lipinski definition) is 5. The highest BCUT2D eigenvalue weighted by Gasteiger charge is 2.19. The predicted octanol–water partition coefficient (Wildman–Crippen LogP) is 4.41. The van der Waals surface area contributed by atoms with Crippen LogP contribution >= 0.6 is 11.3 Å². The number of thiazole rings is 1. The van der Waals surface area contributed by atoms with Gasteiger partial charge in [0.05, 0.1) is 10.6 Å². The van der Waals surface area contributed by atoms with Crippen molar-refractivity contribution in [2.45, 2.75) is 12.8 Å². The zero-order chi connectivity index (χ0) is 18.3. The summed E-state index contributed by atoms with van der Waals surface area (Å²) in [5, 5.41) is 15.8. The average Bonchev–Trinajstić information content (AvgIpc) is 3.11. The number of nitro benzene ring substituents is 1. The molecule has 4 rings (SSSR count). The Labute approximate surface area is 151 Å². The SMILES string of the molecule is O=C1CCc2cc(-c3csc(-c4ccc([N+](=O)[O-])cc4)n3)c(F)cc2N1. The highest BCUT2D eigenvalue weighted by atomic mass is 32.1. The molecule has 0 saturated heterocycles. The maximum Gasteiger partial charge on any atom is 0.269 e. The molecule has 130 valence electrons. The number of aromatic nitrogens is 1. The molecular formula is C18H12FN3O3S. The second-order valence-electron chi connectivity index (χ2n) is 5.88. The number of carbonyl (C=O) groups is 1. The standard InChI is InChI=1S/C18H12FN3O3S/c19-14-8-15-11(3-6-17(23)20-15)7-13(14)16-9-26-18(21-16)10-1-4-12(5-2-10)22(24)25/h1-2,4-5,7-9H,3,6H2,(H,20,23). The minimum absolute atomic E-state index is 0.00769. The summed E-state index contributed by atoms with van der Waals surface area (Å²) < 4.78 is 14.5. The van der Waals surface area contributed by atoms with Crippen LogP contribution in [-0.2, 0) is 11.2 Å². The third-order valence-corrected chi connectivity index (χ3v) is 5.08. The molecule has 0 bridgehead atoms. The minimum atomic E-state index is -0.460. The summed E-state index contributed by atoms with van der Waals surface area (Å²) in [4.78, 5) is 26.2. The number of nitro groups is 1. The normalized spacial score (nSPS) is 13.2. The molecule has 0 atom stereocenters. The summed E-state index contributed by atoms with van der Waals surface area (Å²) >= 11 is 1.34. The van der Waals surface area contributed by atoms with Crippen molar-refractivity contribution >= 4 is 28.6 Å². The van der Waals surface area contributed by atoms with Gasteiger partial charge in [0.2, 0.25) is 5.91 Å². The number of carbonyl (C=O) groups excluding carboxylic acids is 1. The summed E-state index contributed by atoms with van der Waals surface area (Å²) in [5.74, 6) is -0.565. The lowest BCUT2D eigenvalue weighted by molar-refractivity contribution is -0.384. The van der Waals surface area contributed by atoms with E-state index in [9.17, 15) is 19.3 Å². The molecule has 1 aromatic heterocycles. The van der Waals surface area contributed by atoms with Gasteiger partial charge in [0.25, 0.3) is 5.69 Å². The molecule has 0 fully saturated rings. The average molecular weight is 369 g/mol. The number of non-ortho nitro benzene ring substituents is 1. The van der Waals surface area contributed by atoms with E-state index < -0.39 is 10.7 Å². The van der Waals surface area contributed by atoms with E-state index in [0.29, 0.717) is 34.8 Å². The molecule has 0 saturated carbocycles. The quantitative estimate of drug-likeness (QED) is 0.547. The van der Waals surface area contributed by atoms with Gasteiger partial charge in [0.15, 0.2) is 0 Å². The van der Waals surface area contributed by atoms with Crippen molar-refractivity contribution in [1.29, 1.82) is 0 Å². The lowest BCUT2D eigenvalue weighted by Gasteiger charge is -2.17. The molecule has 1 amide bonds. The van der Waals surface area contributed by atoms with Crippen LogP contribution in [0.2, 0.25) is 0 Å². The van der Waals surface area contributed by atoms with Crippen molar-refractivity contribution in [3.8, 4) is 21.8 Å². The third kappa shape index (κ3) is 2.95. The Morgan fingerprint density at radius 2 is 1.96 bits per heavy atom. The van der Waals surface area contributed by atoms with Crippen LogP contribution in [0.4, 0.5) is 15.8 Å². The van der Waals surface area contributed by atoms with Crippen LogP contribution in [0.3, 0.4) is 0 Å².